The van der Waals surface area contributed by atoms with Gasteiger partial charge in [0.05, 0.1) is 21.3 Å². The molecule has 0 bridgehead atoms. The second-order valence-electron chi connectivity index (χ2n) is 4.57. The summed E-state index contributed by atoms with van der Waals surface area (Å²) in [7, 11) is 0. The molecular weight excluding hydrogens is 375 g/mol. The number of nitrogens with zero attached hydrogens (tertiary/aromatic N) is 1. The van der Waals surface area contributed by atoms with Gasteiger partial charge in [-0.3, -0.25) is 10.1 Å². The number of rotatable bonds is 3. The van der Waals surface area contributed by atoms with E-state index >= 15 is 0 Å². The number of carbonyl (C=O) groups excluding carboxylic acids is 1. The highest BCUT2D eigenvalue weighted by Crippen LogP contribution is 2.31. The van der Waals surface area contributed by atoms with Crippen molar-refractivity contribution >= 4 is 57.2 Å². The van der Waals surface area contributed by atoms with Gasteiger partial charge in [0.15, 0.2) is 5.13 Å². The van der Waals surface area contributed by atoms with Gasteiger partial charge in [-0.1, -0.05) is 59.1 Å². The molecule has 3 aromatic rings. The predicted octanol–water partition coefficient (Wildman–Crippen LogP) is 6.02. The van der Waals surface area contributed by atoms with Crippen molar-refractivity contribution in [3.8, 4) is 11.3 Å². The van der Waals surface area contributed by atoms with Crippen molar-refractivity contribution in [3.63, 3.8) is 0 Å². The van der Waals surface area contributed by atoms with Gasteiger partial charge in [0, 0.05) is 16.0 Å². The first-order valence-electron chi connectivity index (χ1n) is 6.52. The lowest BCUT2D eigenvalue weighted by atomic mass is 10.2. The molecule has 1 amide bonds. The van der Waals surface area contributed by atoms with E-state index in [0.717, 1.165) is 5.56 Å². The number of aromatic nitrogens is 1. The molecule has 0 aliphatic heterocycles. The standard InChI is InChI=1S/C16H9Cl3N2OS/c17-11-6-2-1-4-9(11)13-8-23-16(20-13)21-15(22)10-5-3-7-12(18)14(10)19/h1-8H,(H,20,21,22). The van der Waals surface area contributed by atoms with E-state index < -0.39 is 0 Å². The Morgan fingerprint density at radius 3 is 2.52 bits per heavy atom. The smallest absolute Gasteiger partial charge is 0.259 e. The van der Waals surface area contributed by atoms with Crippen LogP contribution in [0.3, 0.4) is 0 Å². The van der Waals surface area contributed by atoms with Gasteiger partial charge in [-0.05, 0) is 18.2 Å². The highest BCUT2D eigenvalue weighted by molar-refractivity contribution is 7.14. The maximum atomic E-state index is 12.3. The largest absolute Gasteiger partial charge is 0.298 e. The van der Waals surface area contributed by atoms with Crippen molar-refractivity contribution in [1.82, 2.24) is 4.98 Å². The number of hydrogen-bond acceptors (Lipinski definition) is 3. The number of benzene rings is 2. The van der Waals surface area contributed by atoms with Gasteiger partial charge in [0.1, 0.15) is 0 Å². The normalized spacial score (nSPS) is 10.6. The Kier molecular flexibility index (Phi) is 4.87. The van der Waals surface area contributed by atoms with Crippen molar-refractivity contribution in [2.45, 2.75) is 0 Å². The maximum absolute atomic E-state index is 12.3. The lowest BCUT2D eigenvalue weighted by Gasteiger charge is -2.05. The third-order valence-corrected chi connectivity index (χ3v) is 4.98. The van der Waals surface area contributed by atoms with E-state index in [1.165, 1.54) is 11.3 Å². The molecule has 23 heavy (non-hydrogen) atoms. The minimum absolute atomic E-state index is 0.217. The van der Waals surface area contributed by atoms with Gasteiger partial charge >= 0.3 is 0 Å². The average Bonchev–Trinajstić information content (AvgIpc) is 2.98. The Morgan fingerprint density at radius 2 is 1.74 bits per heavy atom. The van der Waals surface area contributed by atoms with E-state index in [2.05, 4.69) is 10.3 Å². The molecule has 0 fully saturated rings. The number of anilines is 1. The molecular formula is C16H9Cl3N2OS. The van der Waals surface area contributed by atoms with Crippen LogP contribution in [0.1, 0.15) is 10.4 Å². The van der Waals surface area contributed by atoms with Gasteiger partial charge in [0.2, 0.25) is 0 Å². The minimum atomic E-state index is -0.363. The Morgan fingerprint density at radius 1 is 1.00 bits per heavy atom. The zero-order chi connectivity index (χ0) is 16.4. The third-order valence-electron chi connectivity index (χ3n) is 3.07. The van der Waals surface area contributed by atoms with Gasteiger partial charge in [-0.15, -0.1) is 11.3 Å². The highest BCUT2D eigenvalue weighted by atomic mass is 35.5. The third kappa shape index (κ3) is 3.51. The summed E-state index contributed by atoms with van der Waals surface area (Å²) < 4.78 is 0. The zero-order valence-electron chi connectivity index (χ0n) is 11.5. The molecule has 0 aliphatic rings. The molecule has 0 saturated carbocycles. The fourth-order valence-corrected chi connectivity index (χ4v) is 3.29. The van der Waals surface area contributed by atoms with Crippen molar-refractivity contribution in [2.24, 2.45) is 0 Å². The maximum Gasteiger partial charge on any atom is 0.259 e. The summed E-state index contributed by atoms with van der Waals surface area (Å²) in [5.74, 6) is -0.363. The summed E-state index contributed by atoms with van der Waals surface area (Å²) in [5, 5.41) is 6.16. The first kappa shape index (κ1) is 16.3. The summed E-state index contributed by atoms with van der Waals surface area (Å²) >= 11 is 19.4. The molecule has 2 aromatic carbocycles. The Bertz CT molecular complexity index is 879. The van der Waals surface area contributed by atoms with E-state index in [0.29, 0.717) is 26.4 Å². The monoisotopic (exact) mass is 382 g/mol. The van der Waals surface area contributed by atoms with Crippen molar-refractivity contribution < 1.29 is 4.79 Å². The van der Waals surface area contributed by atoms with Crippen LogP contribution in [0.25, 0.3) is 11.3 Å². The molecule has 0 atom stereocenters. The average molecular weight is 384 g/mol. The van der Waals surface area contributed by atoms with Crippen LogP contribution in [0.15, 0.2) is 47.8 Å². The van der Waals surface area contributed by atoms with Crippen LogP contribution in [0.4, 0.5) is 5.13 Å². The van der Waals surface area contributed by atoms with Gasteiger partial charge in [-0.2, -0.15) is 0 Å². The summed E-state index contributed by atoms with van der Waals surface area (Å²) in [4.78, 5) is 16.7. The summed E-state index contributed by atoms with van der Waals surface area (Å²) in [6.07, 6.45) is 0. The van der Waals surface area contributed by atoms with Crippen LogP contribution >= 0.6 is 46.1 Å². The Balaban J connectivity index is 1.83. The van der Waals surface area contributed by atoms with E-state index in [4.69, 9.17) is 34.8 Å². The van der Waals surface area contributed by atoms with Crippen LogP contribution in [-0.4, -0.2) is 10.9 Å². The highest BCUT2D eigenvalue weighted by Gasteiger charge is 2.15. The number of amides is 1. The van der Waals surface area contributed by atoms with Crippen LogP contribution in [0, 0.1) is 0 Å². The zero-order valence-corrected chi connectivity index (χ0v) is 14.6. The number of halogens is 3. The molecule has 0 saturated heterocycles. The first-order valence-corrected chi connectivity index (χ1v) is 8.53. The molecule has 0 unspecified atom stereocenters. The summed E-state index contributed by atoms with van der Waals surface area (Å²) in [6.45, 7) is 0. The van der Waals surface area contributed by atoms with E-state index in [1.54, 1.807) is 24.3 Å². The first-order chi connectivity index (χ1) is 11.1. The predicted molar refractivity (Wildman–Crippen MR) is 97.0 cm³/mol. The molecule has 3 nitrogen and oxygen atoms in total. The molecule has 0 aliphatic carbocycles. The van der Waals surface area contributed by atoms with Crippen LogP contribution < -0.4 is 5.32 Å². The molecule has 116 valence electrons. The topological polar surface area (TPSA) is 42.0 Å². The lowest BCUT2D eigenvalue weighted by molar-refractivity contribution is 0.102. The summed E-state index contributed by atoms with van der Waals surface area (Å²) in [5.41, 5.74) is 1.81. The number of nitrogens with one attached hydrogen (secondary N) is 1. The van der Waals surface area contributed by atoms with Crippen molar-refractivity contribution in [2.75, 3.05) is 5.32 Å². The minimum Gasteiger partial charge on any atom is -0.298 e. The molecule has 3 rings (SSSR count). The summed E-state index contributed by atoms with van der Waals surface area (Å²) in [6, 6.07) is 12.3. The SMILES string of the molecule is O=C(Nc1nc(-c2ccccc2Cl)cs1)c1cccc(Cl)c1Cl. The Labute approximate surface area is 151 Å². The molecule has 1 heterocycles. The molecule has 1 aromatic heterocycles. The van der Waals surface area contributed by atoms with Crippen molar-refractivity contribution in [1.29, 1.82) is 0 Å². The lowest BCUT2D eigenvalue weighted by Crippen LogP contribution is -2.12. The van der Waals surface area contributed by atoms with Crippen molar-refractivity contribution in [3.05, 3.63) is 68.5 Å². The van der Waals surface area contributed by atoms with Crippen LogP contribution in [0.2, 0.25) is 15.1 Å². The molecule has 7 heteroatoms. The molecule has 0 radical (unpaired) electrons. The van der Waals surface area contributed by atoms with Crippen LogP contribution in [-0.2, 0) is 0 Å². The number of hydrogen-bond donors (Lipinski definition) is 1. The van der Waals surface area contributed by atoms with Gasteiger partial charge in [0.25, 0.3) is 5.91 Å². The Hall–Kier alpha value is -1.59. The van der Waals surface area contributed by atoms with Crippen LogP contribution in [0.5, 0.6) is 0 Å². The second-order valence-corrected chi connectivity index (χ2v) is 6.62. The number of carbonyl (C=O) groups is 1. The number of thiazole rings is 1. The van der Waals surface area contributed by atoms with E-state index in [9.17, 15) is 4.79 Å². The quantitative estimate of drug-likeness (QED) is 0.600. The molecule has 0 spiro atoms. The van der Waals surface area contributed by atoms with Gasteiger partial charge in [-0.25, -0.2) is 4.98 Å². The van der Waals surface area contributed by atoms with E-state index in [1.807, 2.05) is 23.6 Å². The van der Waals surface area contributed by atoms with Gasteiger partial charge < -0.3 is 0 Å². The fraction of sp³-hybridized carbons (Fsp3) is 0. The second kappa shape index (κ2) is 6.89. The van der Waals surface area contributed by atoms with E-state index in [-0.39, 0.29) is 10.9 Å². The molecule has 1 N–H and O–H groups in total. The fourth-order valence-electron chi connectivity index (χ4n) is 1.97.